The molecule has 1 nitrogen and oxygen atoms in total. The van der Waals surface area contributed by atoms with Gasteiger partial charge in [0.2, 0.25) is 0 Å². The summed E-state index contributed by atoms with van der Waals surface area (Å²) >= 11 is 5.14. The smallest absolute Gasteiger partial charge is 0.128 e. The molecule has 1 heterocycles. The van der Waals surface area contributed by atoms with Gasteiger partial charge in [-0.05, 0) is 52.0 Å². The van der Waals surface area contributed by atoms with Gasteiger partial charge in [0, 0.05) is 15.4 Å². The van der Waals surface area contributed by atoms with Crippen molar-refractivity contribution in [1.29, 1.82) is 0 Å². The molecule has 96 valence electrons. The van der Waals surface area contributed by atoms with E-state index in [-0.39, 0.29) is 11.9 Å². The third-order valence-corrected chi connectivity index (χ3v) is 4.58. The van der Waals surface area contributed by atoms with E-state index >= 15 is 0 Å². The van der Waals surface area contributed by atoms with E-state index in [0.717, 1.165) is 22.1 Å². The molecule has 1 atom stereocenters. The average Bonchev–Trinajstić information content (AvgIpc) is 2.73. The minimum Gasteiger partial charge on any atom is -0.306 e. The minimum absolute atomic E-state index is 0.101. The fourth-order valence-electron chi connectivity index (χ4n) is 1.96. The van der Waals surface area contributed by atoms with E-state index in [1.165, 1.54) is 0 Å². The molecule has 4 heteroatoms. The molecular weight excluding hydrogens is 313 g/mol. The molecule has 1 aromatic heterocycles. The van der Waals surface area contributed by atoms with Crippen LogP contribution in [0.4, 0.5) is 4.39 Å². The summed E-state index contributed by atoms with van der Waals surface area (Å²) in [5.74, 6) is -0.154. The lowest BCUT2D eigenvalue weighted by atomic mass is 9.99. The Morgan fingerprint density at radius 3 is 2.67 bits per heavy atom. The number of benzene rings is 1. The molecule has 0 saturated carbocycles. The quantitative estimate of drug-likeness (QED) is 0.861. The topological polar surface area (TPSA) is 12.0 Å². The Morgan fingerprint density at radius 1 is 1.33 bits per heavy atom. The van der Waals surface area contributed by atoms with E-state index in [0.29, 0.717) is 5.56 Å². The van der Waals surface area contributed by atoms with Crippen molar-refractivity contribution in [2.75, 3.05) is 6.54 Å². The van der Waals surface area contributed by atoms with Crippen LogP contribution in [0.5, 0.6) is 0 Å². The second kappa shape index (κ2) is 5.95. The normalized spacial score (nSPS) is 12.7. The van der Waals surface area contributed by atoms with E-state index in [9.17, 15) is 4.39 Å². The van der Waals surface area contributed by atoms with Crippen LogP contribution in [-0.2, 0) is 0 Å². The molecule has 1 aromatic carbocycles. The van der Waals surface area contributed by atoms with Crippen molar-refractivity contribution in [3.05, 3.63) is 55.9 Å². The molecule has 2 aromatic rings. The highest BCUT2D eigenvalue weighted by Gasteiger charge is 2.19. The standard InChI is InChI=1S/C14H15BrFNS/c1-3-17-14(11-7-18-8-12(11)15)10-5-4-9(2)6-13(10)16/h4-8,14,17H,3H2,1-2H3. The summed E-state index contributed by atoms with van der Waals surface area (Å²) in [6, 6.07) is 5.29. The van der Waals surface area contributed by atoms with Crippen molar-refractivity contribution in [3.63, 3.8) is 0 Å². The second-order valence-corrected chi connectivity index (χ2v) is 5.79. The Bertz CT molecular complexity index is 538. The predicted molar refractivity (Wildman–Crippen MR) is 78.7 cm³/mol. The lowest BCUT2D eigenvalue weighted by molar-refractivity contribution is 0.558. The highest BCUT2D eigenvalue weighted by atomic mass is 79.9. The van der Waals surface area contributed by atoms with Crippen LogP contribution >= 0.6 is 27.3 Å². The van der Waals surface area contributed by atoms with Gasteiger partial charge in [0.25, 0.3) is 0 Å². The first-order valence-electron chi connectivity index (χ1n) is 5.84. The summed E-state index contributed by atoms with van der Waals surface area (Å²) in [5.41, 5.74) is 2.72. The van der Waals surface area contributed by atoms with Crippen molar-refractivity contribution in [3.8, 4) is 0 Å². The summed E-state index contributed by atoms with van der Waals surface area (Å²) in [6.45, 7) is 4.72. The molecule has 0 aliphatic carbocycles. The van der Waals surface area contributed by atoms with Gasteiger partial charge in [-0.25, -0.2) is 4.39 Å². The monoisotopic (exact) mass is 327 g/mol. The van der Waals surface area contributed by atoms with Gasteiger partial charge >= 0.3 is 0 Å². The number of thiophene rings is 1. The summed E-state index contributed by atoms with van der Waals surface area (Å²) in [5, 5.41) is 7.41. The number of rotatable bonds is 4. The number of hydrogen-bond acceptors (Lipinski definition) is 2. The minimum atomic E-state index is -0.154. The molecule has 0 amide bonds. The first-order valence-corrected chi connectivity index (χ1v) is 7.58. The van der Waals surface area contributed by atoms with Crippen LogP contribution in [0, 0.1) is 12.7 Å². The zero-order valence-electron chi connectivity index (χ0n) is 10.3. The number of halogens is 2. The largest absolute Gasteiger partial charge is 0.306 e. The molecule has 0 saturated heterocycles. The van der Waals surface area contributed by atoms with Crippen molar-refractivity contribution in [2.24, 2.45) is 0 Å². The van der Waals surface area contributed by atoms with Crippen molar-refractivity contribution in [1.82, 2.24) is 5.32 Å². The molecule has 0 fully saturated rings. The van der Waals surface area contributed by atoms with E-state index in [1.807, 2.05) is 31.4 Å². The van der Waals surface area contributed by atoms with Crippen LogP contribution in [0.3, 0.4) is 0 Å². The Morgan fingerprint density at radius 2 is 2.11 bits per heavy atom. The van der Waals surface area contributed by atoms with Crippen LogP contribution < -0.4 is 5.32 Å². The maximum atomic E-state index is 14.1. The summed E-state index contributed by atoms with van der Waals surface area (Å²) in [7, 11) is 0. The molecule has 0 radical (unpaired) electrons. The van der Waals surface area contributed by atoms with E-state index in [4.69, 9.17) is 0 Å². The van der Waals surface area contributed by atoms with Crippen molar-refractivity contribution >= 4 is 27.3 Å². The predicted octanol–water partition coefficient (Wildman–Crippen LogP) is 4.66. The zero-order valence-corrected chi connectivity index (χ0v) is 12.7. The second-order valence-electron chi connectivity index (χ2n) is 4.19. The van der Waals surface area contributed by atoms with Gasteiger partial charge in [0.15, 0.2) is 0 Å². The van der Waals surface area contributed by atoms with Gasteiger partial charge in [0.05, 0.1) is 6.04 Å². The van der Waals surface area contributed by atoms with Gasteiger partial charge in [-0.2, -0.15) is 11.3 Å². The molecule has 0 aliphatic rings. The molecular formula is C14H15BrFNS. The van der Waals surface area contributed by atoms with E-state index in [2.05, 4.69) is 26.6 Å². The Labute approximate surface area is 119 Å². The van der Waals surface area contributed by atoms with Gasteiger partial charge in [-0.15, -0.1) is 0 Å². The first-order chi connectivity index (χ1) is 8.63. The molecule has 0 aliphatic heterocycles. The molecule has 1 N–H and O–H groups in total. The molecule has 2 rings (SSSR count). The number of hydrogen-bond donors (Lipinski definition) is 1. The molecule has 0 bridgehead atoms. The molecule has 1 unspecified atom stereocenters. The van der Waals surface area contributed by atoms with Crippen LogP contribution in [-0.4, -0.2) is 6.54 Å². The van der Waals surface area contributed by atoms with Crippen LogP contribution in [0.15, 0.2) is 33.4 Å². The Hall–Kier alpha value is -0.710. The van der Waals surface area contributed by atoms with Gasteiger partial charge in [-0.1, -0.05) is 19.1 Å². The lowest BCUT2D eigenvalue weighted by Gasteiger charge is -2.19. The van der Waals surface area contributed by atoms with Crippen molar-refractivity contribution < 1.29 is 4.39 Å². The summed E-state index contributed by atoms with van der Waals surface area (Å²) in [6.07, 6.45) is 0. The van der Waals surface area contributed by atoms with Crippen LogP contribution in [0.1, 0.15) is 29.7 Å². The maximum absolute atomic E-state index is 14.1. The fourth-order valence-corrected chi connectivity index (χ4v) is 3.51. The Balaban J connectivity index is 2.45. The van der Waals surface area contributed by atoms with Crippen LogP contribution in [0.25, 0.3) is 0 Å². The summed E-state index contributed by atoms with van der Waals surface area (Å²) < 4.78 is 15.1. The van der Waals surface area contributed by atoms with Gasteiger partial charge in [0.1, 0.15) is 5.82 Å². The highest BCUT2D eigenvalue weighted by Crippen LogP contribution is 2.32. The first kappa shape index (κ1) is 13.7. The fraction of sp³-hybridized carbons (Fsp3) is 0.286. The zero-order chi connectivity index (χ0) is 13.1. The van der Waals surface area contributed by atoms with Gasteiger partial charge in [-0.3, -0.25) is 0 Å². The molecule has 18 heavy (non-hydrogen) atoms. The number of nitrogens with one attached hydrogen (secondary N) is 1. The lowest BCUT2D eigenvalue weighted by Crippen LogP contribution is -2.22. The number of aryl methyl sites for hydroxylation is 1. The van der Waals surface area contributed by atoms with E-state index in [1.54, 1.807) is 17.4 Å². The van der Waals surface area contributed by atoms with E-state index < -0.39 is 0 Å². The summed E-state index contributed by atoms with van der Waals surface area (Å²) in [4.78, 5) is 0. The van der Waals surface area contributed by atoms with Gasteiger partial charge < -0.3 is 5.32 Å². The third-order valence-electron chi connectivity index (χ3n) is 2.83. The third kappa shape index (κ3) is 2.82. The van der Waals surface area contributed by atoms with Crippen molar-refractivity contribution in [2.45, 2.75) is 19.9 Å². The maximum Gasteiger partial charge on any atom is 0.128 e. The SMILES string of the molecule is CCNC(c1ccc(C)cc1F)c1cscc1Br. The Kier molecular flexibility index (Phi) is 4.54. The molecule has 0 spiro atoms. The average molecular weight is 328 g/mol. The highest BCUT2D eigenvalue weighted by molar-refractivity contribution is 9.10. The van der Waals surface area contributed by atoms with Crippen LogP contribution in [0.2, 0.25) is 0 Å².